The van der Waals surface area contributed by atoms with Crippen molar-refractivity contribution in [1.29, 1.82) is 0 Å². The summed E-state index contributed by atoms with van der Waals surface area (Å²) < 4.78 is 1.92. The summed E-state index contributed by atoms with van der Waals surface area (Å²) in [6.07, 6.45) is 0.985. The SMILES string of the molecule is Cc1nn(C)c(C)c1C(C)NC(CO)CC(C)C. The van der Waals surface area contributed by atoms with Crippen molar-refractivity contribution in [1.82, 2.24) is 15.1 Å². The molecule has 0 aromatic carbocycles. The Labute approximate surface area is 110 Å². The molecule has 0 saturated heterocycles. The zero-order valence-corrected chi connectivity index (χ0v) is 12.5. The highest BCUT2D eigenvalue weighted by atomic mass is 16.3. The number of aliphatic hydroxyl groups excluding tert-OH is 1. The molecule has 2 unspecified atom stereocenters. The predicted molar refractivity (Wildman–Crippen MR) is 74.6 cm³/mol. The average molecular weight is 253 g/mol. The molecule has 18 heavy (non-hydrogen) atoms. The van der Waals surface area contributed by atoms with Crippen LogP contribution in [-0.4, -0.2) is 27.5 Å². The molecule has 0 aliphatic carbocycles. The second-order valence-electron chi connectivity index (χ2n) is 5.61. The van der Waals surface area contributed by atoms with E-state index in [1.165, 1.54) is 11.3 Å². The van der Waals surface area contributed by atoms with E-state index in [0.717, 1.165) is 12.1 Å². The highest BCUT2D eigenvalue weighted by molar-refractivity contribution is 5.27. The molecule has 4 nitrogen and oxygen atoms in total. The van der Waals surface area contributed by atoms with Gasteiger partial charge in [-0.1, -0.05) is 13.8 Å². The van der Waals surface area contributed by atoms with Crippen LogP contribution < -0.4 is 5.32 Å². The first-order valence-corrected chi connectivity index (χ1v) is 6.73. The van der Waals surface area contributed by atoms with Crippen LogP contribution in [0.4, 0.5) is 0 Å². The van der Waals surface area contributed by atoms with E-state index in [0.29, 0.717) is 5.92 Å². The number of aliphatic hydroxyl groups is 1. The Morgan fingerprint density at radius 1 is 1.28 bits per heavy atom. The zero-order chi connectivity index (χ0) is 13.9. The van der Waals surface area contributed by atoms with E-state index in [4.69, 9.17) is 0 Å². The van der Waals surface area contributed by atoms with E-state index in [2.05, 4.69) is 38.1 Å². The van der Waals surface area contributed by atoms with Gasteiger partial charge in [-0.3, -0.25) is 4.68 Å². The number of hydrogen-bond donors (Lipinski definition) is 2. The Hall–Kier alpha value is -0.870. The molecule has 1 rings (SSSR count). The van der Waals surface area contributed by atoms with Gasteiger partial charge in [0.25, 0.3) is 0 Å². The van der Waals surface area contributed by atoms with Gasteiger partial charge in [0, 0.05) is 30.4 Å². The van der Waals surface area contributed by atoms with Gasteiger partial charge in [-0.25, -0.2) is 0 Å². The predicted octanol–water partition coefficient (Wildman–Crippen LogP) is 2.09. The summed E-state index contributed by atoms with van der Waals surface area (Å²) in [6, 6.07) is 0.369. The molecule has 0 saturated carbocycles. The van der Waals surface area contributed by atoms with Crippen molar-refractivity contribution in [3.05, 3.63) is 17.0 Å². The lowest BCUT2D eigenvalue weighted by molar-refractivity contribution is 0.215. The molecule has 4 heteroatoms. The van der Waals surface area contributed by atoms with Gasteiger partial charge in [0.1, 0.15) is 0 Å². The molecule has 0 radical (unpaired) electrons. The van der Waals surface area contributed by atoms with Gasteiger partial charge in [0.15, 0.2) is 0 Å². The molecular formula is C14H27N3O. The summed E-state index contributed by atoms with van der Waals surface area (Å²) in [5.74, 6) is 0.581. The third-order valence-electron chi connectivity index (χ3n) is 3.46. The summed E-state index contributed by atoms with van der Waals surface area (Å²) in [5, 5.41) is 17.4. The minimum Gasteiger partial charge on any atom is -0.395 e. The first kappa shape index (κ1) is 15.2. The lowest BCUT2D eigenvalue weighted by Gasteiger charge is -2.23. The standard InChI is InChI=1S/C14H27N3O/c1-9(2)7-13(8-18)15-10(3)14-11(4)16-17(6)12(14)5/h9-10,13,15,18H,7-8H2,1-6H3. The maximum absolute atomic E-state index is 9.43. The molecule has 0 bridgehead atoms. The topological polar surface area (TPSA) is 50.1 Å². The van der Waals surface area contributed by atoms with Crippen LogP contribution in [0.15, 0.2) is 0 Å². The smallest absolute Gasteiger partial charge is 0.0644 e. The Balaban J connectivity index is 2.77. The normalized spacial score (nSPS) is 15.1. The van der Waals surface area contributed by atoms with E-state index < -0.39 is 0 Å². The lowest BCUT2D eigenvalue weighted by Crippen LogP contribution is -2.36. The number of nitrogens with zero attached hydrogens (tertiary/aromatic N) is 2. The van der Waals surface area contributed by atoms with E-state index >= 15 is 0 Å². The van der Waals surface area contributed by atoms with Crippen LogP contribution in [0.5, 0.6) is 0 Å². The Morgan fingerprint density at radius 3 is 2.28 bits per heavy atom. The van der Waals surface area contributed by atoms with Crippen LogP contribution in [0.2, 0.25) is 0 Å². The number of nitrogens with one attached hydrogen (secondary N) is 1. The summed E-state index contributed by atoms with van der Waals surface area (Å²) in [6.45, 7) is 10.8. The molecular weight excluding hydrogens is 226 g/mol. The van der Waals surface area contributed by atoms with Crippen LogP contribution in [0.3, 0.4) is 0 Å². The minimum atomic E-state index is 0.152. The van der Waals surface area contributed by atoms with E-state index in [-0.39, 0.29) is 18.7 Å². The number of aromatic nitrogens is 2. The second kappa shape index (κ2) is 6.34. The van der Waals surface area contributed by atoms with Gasteiger partial charge in [-0.05, 0) is 33.1 Å². The molecule has 2 N–H and O–H groups in total. The summed E-state index contributed by atoms with van der Waals surface area (Å²) in [7, 11) is 1.97. The van der Waals surface area contributed by atoms with Gasteiger partial charge in [-0.15, -0.1) is 0 Å². The largest absolute Gasteiger partial charge is 0.395 e. The maximum atomic E-state index is 9.43. The van der Waals surface area contributed by atoms with Crippen molar-refractivity contribution < 1.29 is 5.11 Å². The molecule has 1 aromatic heterocycles. The molecule has 0 spiro atoms. The van der Waals surface area contributed by atoms with Crippen LogP contribution in [-0.2, 0) is 7.05 Å². The Bertz CT molecular complexity index is 385. The zero-order valence-electron chi connectivity index (χ0n) is 12.5. The Morgan fingerprint density at radius 2 is 1.89 bits per heavy atom. The summed E-state index contributed by atoms with van der Waals surface area (Å²) in [5.41, 5.74) is 3.50. The van der Waals surface area contributed by atoms with Crippen molar-refractivity contribution in [2.75, 3.05) is 6.61 Å². The van der Waals surface area contributed by atoms with Gasteiger partial charge in [0.05, 0.1) is 12.3 Å². The van der Waals surface area contributed by atoms with Gasteiger partial charge in [-0.2, -0.15) is 5.10 Å². The first-order valence-electron chi connectivity index (χ1n) is 6.73. The average Bonchev–Trinajstić information content (AvgIpc) is 2.51. The minimum absolute atomic E-state index is 0.152. The lowest BCUT2D eigenvalue weighted by atomic mass is 10.0. The molecule has 2 atom stereocenters. The van der Waals surface area contributed by atoms with Crippen molar-refractivity contribution in [2.24, 2.45) is 13.0 Å². The van der Waals surface area contributed by atoms with Crippen LogP contribution in [0.1, 0.15) is 50.2 Å². The van der Waals surface area contributed by atoms with Crippen LogP contribution in [0, 0.1) is 19.8 Å². The fourth-order valence-corrected chi connectivity index (χ4v) is 2.62. The molecule has 0 aliphatic rings. The van der Waals surface area contributed by atoms with Crippen molar-refractivity contribution in [2.45, 2.75) is 53.1 Å². The fraction of sp³-hybridized carbons (Fsp3) is 0.786. The molecule has 0 amide bonds. The van der Waals surface area contributed by atoms with Crippen LogP contribution in [0.25, 0.3) is 0 Å². The molecule has 104 valence electrons. The fourth-order valence-electron chi connectivity index (χ4n) is 2.62. The quantitative estimate of drug-likeness (QED) is 0.816. The van der Waals surface area contributed by atoms with Crippen molar-refractivity contribution >= 4 is 0 Å². The van der Waals surface area contributed by atoms with Gasteiger partial charge in [0.2, 0.25) is 0 Å². The van der Waals surface area contributed by atoms with E-state index in [1.807, 2.05) is 18.7 Å². The molecule has 1 heterocycles. The van der Waals surface area contributed by atoms with Gasteiger partial charge < -0.3 is 10.4 Å². The Kier molecular flexibility index (Phi) is 5.35. The third-order valence-corrected chi connectivity index (χ3v) is 3.46. The number of hydrogen-bond acceptors (Lipinski definition) is 3. The van der Waals surface area contributed by atoms with E-state index in [1.54, 1.807) is 0 Å². The summed E-state index contributed by atoms with van der Waals surface area (Å²) >= 11 is 0. The molecule has 0 fully saturated rings. The maximum Gasteiger partial charge on any atom is 0.0644 e. The second-order valence-corrected chi connectivity index (χ2v) is 5.61. The van der Waals surface area contributed by atoms with Gasteiger partial charge >= 0.3 is 0 Å². The number of rotatable bonds is 6. The first-order chi connectivity index (χ1) is 8.36. The van der Waals surface area contributed by atoms with Crippen LogP contribution >= 0.6 is 0 Å². The highest BCUT2D eigenvalue weighted by Gasteiger charge is 2.19. The molecule has 0 aliphatic heterocycles. The van der Waals surface area contributed by atoms with E-state index in [9.17, 15) is 5.11 Å². The summed E-state index contributed by atoms with van der Waals surface area (Å²) in [4.78, 5) is 0. The monoisotopic (exact) mass is 253 g/mol. The highest BCUT2D eigenvalue weighted by Crippen LogP contribution is 2.21. The van der Waals surface area contributed by atoms with Crippen molar-refractivity contribution in [3.63, 3.8) is 0 Å². The third kappa shape index (κ3) is 3.56. The number of aryl methyl sites for hydroxylation is 2. The molecule has 1 aromatic rings. The van der Waals surface area contributed by atoms with Crippen molar-refractivity contribution in [3.8, 4) is 0 Å².